The Balaban J connectivity index is 2.26. The van der Waals surface area contributed by atoms with Gasteiger partial charge in [-0.1, -0.05) is 12.1 Å². The number of hydrogen-bond donors (Lipinski definition) is 2. The summed E-state index contributed by atoms with van der Waals surface area (Å²) in [7, 11) is 1.47. The molecule has 2 rings (SSSR count). The monoisotopic (exact) mass is 287 g/mol. The Bertz CT molecular complexity index is 700. The lowest BCUT2D eigenvalue weighted by Crippen LogP contribution is -2.13. The first-order valence-corrected chi connectivity index (χ1v) is 6.01. The lowest BCUT2D eigenvalue weighted by atomic mass is 10.1. The first kappa shape index (κ1) is 14.3. The summed E-state index contributed by atoms with van der Waals surface area (Å²) in [6.45, 7) is 0. The number of nitrogens with two attached hydrogens (primary N) is 1. The summed E-state index contributed by atoms with van der Waals surface area (Å²) in [6, 6.07) is 10.4. The van der Waals surface area contributed by atoms with Gasteiger partial charge in [0.1, 0.15) is 11.4 Å². The highest BCUT2D eigenvalue weighted by Crippen LogP contribution is 2.25. The van der Waals surface area contributed by atoms with Crippen molar-refractivity contribution in [2.75, 3.05) is 18.2 Å². The number of nitrogens with one attached hydrogen (secondary N) is 1. The predicted octanol–water partition coefficient (Wildman–Crippen LogP) is 2.44. The van der Waals surface area contributed by atoms with Crippen molar-refractivity contribution >= 4 is 23.0 Å². The second-order valence-electron chi connectivity index (χ2n) is 4.19. The van der Waals surface area contributed by atoms with Gasteiger partial charge in [0.05, 0.1) is 17.7 Å². The number of nitro groups is 1. The van der Waals surface area contributed by atoms with Crippen molar-refractivity contribution in [3.05, 3.63) is 58.1 Å². The molecule has 7 heteroatoms. The van der Waals surface area contributed by atoms with Crippen molar-refractivity contribution in [1.82, 2.24) is 0 Å². The summed E-state index contributed by atoms with van der Waals surface area (Å²) >= 11 is 0. The maximum atomic E-state index is 12.1. The number of nitrogen functional groups attached to an aromatic ring is 1. The maximum absolute atomic E-state index is 12.1. The van der Waals surface area contributed by atoms with Crippen LogP contribution in [0.5, 0.6) is 5.75 Å². The zero-order valence-electron chi connectivity index (χ0n) is 11.2. The second kappa shape index (κ2) is 5.91. The number of rotatable bonds is 4. The zero-order chi connectivity index (χ0) is 15.4. The molecule has 0 bridgehead atoms. The number of nitrogens with zero attached hydrogens (tertiary/aromatic N) is 1. The van der Waals surface area contributed by atoms with E-state index in [1.165, 1.54) is 37.4 Å². The smallest absolute Gasteiger partial charge is 0.292 e. The van der Waals surface area contributed by atoms with Gasteiger partial charge in [-0.3, -0.25) is 14.9 Å². The van der Waals surface area contributed by atoms with Gasteiger partial charge in [0.15, 0.2) is 0 Å². The van der Waals surface area contributed by atoms with E-state index < -0.39 is 10.8 Å². The van der Waals surface area contributed by atoms with E-state index in [2.05, 4.69) is 5.32 Å². The molecule has 0 aromatic heterocycles. The van der Waals surface area contributed by atoms with Crippen molar-refractivity contribution < 1.29 is 14.5 Å². The van der Waals surface area contributed by atoms with Gasteiger partial charge in [0.25, 0.3) is 11.6 Å². The fourth-order valence-corrected chi connectivity index (χ4v) is 1.81. The molecule has 0 fully saturated rings. The van der Waals surface area contributed by atoms with Crippen molar-refractivity contribution in [3.8, 4) is 5.75 Å². The van der Waals surface area contributed by atoms with Gasteiger partial charge in [-0.25, -0.2) is 0 Å². The standard InChI is InChI=1S/C14H13N3O4/c1-21-13-7-6-9(8-10(13)15)14(18)16-11-4-2-3-5-12(11)17(19)20/h2-8H,15H2,1H3,(H,16,18). The van der Waals surface area contributed by atoms with Crippen LogP contribution in [0.15, 0.2) is 42.5 Å². The number of benzene rings is 2. The van der Waals surface area contributed by atoms with Crippen LogP contribution in [0.1, 0.15) is 10.4 Å². The Morgan fingerprint density at radius 1 is 1.29 bits per heavy atom. The Kier molecular flexibility index (Phi) is 4.03. The number of amides is 1. The molecule has 0 aliphatic rings. The predicted molar refractivity (Wildman–Crippen MR) is 78.5 cm³/mol. The van der Waals surface area contributed by atoms with Gasteiger partial charge in [0.2, 0.25) is 0 Å². The van der Waals surface area contributed by atoms with E-state index in [1.807, 2.05) is 0 Å². The molecule has 7 nitrogen and oxygen atoms in total. The molecule has 0 heterocycles. The molecule has 3 N–H and O–H groups in total. The number of para-hydroxylation sites is 2. The van der Waals surface area contributed by atoms with Crippen molar-refractivity contribution in [2.45, 2.75) is 0 Å². The number of anilines is 2. The van der Waals surface area contributed by atoms with Crippen molar-refractivity contribution in [2.24, 2.45) is 0 Å². The third-order valence-electron chi connectivity index (χ3n) is 2.84. The summed E-state index contributed by atoms with van der Waals surface area (Å²) in [4.78, 5) is 22.4. The maximum Gasteiger partial charge on any atom is 0.292 e. The van der Waals surface area contributed by atoms with Crippen molar-refractivity contribution in [3.63, 3.8) is 0 Å². The van der Waals surface area contributed by atoms with Gasteiger partial charge < -0.3 is 15.8 Å². The van der Waals surface area contributed by atoms with E-state index in [-0.39, 0.29) is 16.9 Å². The molecule has 108 valence electrons. The molecule has 0 aliphatic heterocycles. The van der Waals surface area contributed by atoms with E-state index in [9.17, 15) is 14.9 Å². The number of carbonyl (C=O) groups is 1. The fraction of sp³-hybridized carbons (Fsp3) is 0.0714. The van der Waals surface area contributed by atoms with E-state index in [4.69, 9.17) is 10.5 Å². The van der Waals surface area contributed by atoms with Crippen LogP contribution in [0.4, 0.5) is 17.1 Å². The number of nitro benzene ring substituents is 1. The van der Waals surface area contributed by atoms with Crippen LogP contribution < -0.4 is 15.8 Å². The van der Waals surface area contributed by atoms with Crippen LogP contribution in [0, 0.1) is 10.1 Å². The molecule has 2 aromatic carbocycles. The van der Waals surface area contributed by atoms with E-state index >= 15 is 0 Å². The van der Waals surface area contributed by atoms with E-state index in [0.717, 1.165) is 0 Å². The average molecular weight is 287 g/mol. The second-order valence-corrected chi connectivity index (χ2v) is 4.19. The van der Waals surface area contributed by atoms with Crippen LogP contribution in [0.3, 0.4) is 0 Å². The lowest BCUT2D eigenvalue weighted by Gasteiger charge is -2.08. The lowest BCUT2D eigenvalue weighted by molar-refractivity contribution is -0.383. The molecule has 1 amide bonds. The first-order chi connectivity index (χ1) is 10.0. The minimum Gasteiger partial charge on any atom is -0.495 e. The third kappa shape index (κ3) is 3.08. The Labute approximate surface area is 120 Å². The molecule has 2 aromatic rings. The SMILES string of the molecule is COc1ccc(C(=O)Nc2ccccc2[N+](=O)[O-])cc1N. The van der Waals surface area contributed by atoms with E-state index in [1.54, 1.807) is 12.1 Å². The highest BCUT2D eigenvalue weighted by Gasteiger charge is 2.16. The molecule has 0 radical (unpaired) electrons. The van der Waals surface area contributed by atoms with Crippen LogP contribution in [0.2, 0.25) is 0 Å². The highest BCUT2D eigenvalue weighted by molar-refractivity contribution is 6.06. The number of carbonyl (C=O) groups excluding carboxylic acids is 1. The van der Waals surface area contributed by atoms with Crippen LogP contribution in [-0.4, -0.2) is 17.9 Å². The third-order valence-corrected chi connectivity index (χ3v) is 2.84. The molecule has 0 spiro atoms. The first-order valence-electron chi connectivity index (χ1n) is 6.01. The van der Waals surface area contributed by atoms with Gasteiger partial charge >= 0.3 is 0 Å². The topological polar surface area (TPSA) is 107 Å². The molecule has 0 saturated heterocycles. The summed E-state index contributed by atoms with van der Waals surface area (Å²) in [5.74, 6) is -0.0316. The zero-order valence-corrected chi connectivity index (χ0v) is 11.2. The Hall–Kier alpha value is -3.09. The quantitative estimate of drug-likeness (QED) is 0.510. The largest absolute Gasteiger partial charge is 0.495 e. The van der Waals surface area contributed by atoms with Gasteiger partial charge in [0, 0.05) is 11.6 Å². The minimum atomic E-state index is -0.558. The van der Waals surface area contributed by atoms with Gasteiger partial charge in [-0.15, -0.1) is 0 Å². The summed E-state index contributed by atoms with van der Waals surface area (Å²) in [6.07, 6.45) is 0. The highest BCUT2D eigenvalue weighted by atomic mass is 16.6. The van der Waals surface area contributed by atoms with Crippen LogP contribution in [0.25, 0.3) is 0 Å². The van der Waals surface area contributed by atoms with Crippen LogP contribution in [-0.2, 0) is 0 Å². The normalized spacial score (nSPS) is 9.95. The molecule has 0 unspecified atom stereocenters. The molecule has 0 saturated carbocycles. The molecule has 0 atom stereocenters. The van der Waals surface area contributed by atoms with Gasteiger partial charge in [-0.05, 0) is 24.3 Å². The number of methoxy groups -OCH3 is 1. The van der Waals surface area contributed by atoms with Crippen molar-refractivity contribution in [1.29, 1.82) is 0 Å². The number of ether oxygens (including phenoxy) is 1. The molecule has 0 aliphatic carbocycles. The Morgan fingerprint density at radius 3 is 2.62 bits per heavy atom. The molecular formula is C14H13N3O4. The summed E-state index contributed by atoms with van der Waals surface area (Å²) in [5.41, 5.74) is 6.28. The van der Waals surface area contributed by atoms with E-state index in [0.29, 0.717) is 11.4 Å². The molecule has 21 heavy (non-hydrogen) atoms. The number of hydrogen-bond acceptors (Lipinski definition) is 5. The minimum absolute atomic E-state index is 0.127. The molecular weight excluding hydrogens is 274 g/mol. The fourth-order valence-electron chi connectivity index (χ4n) is 1.81. The Morgan fingerprint density at radius 2 is 2.00 bits per heavy atom. The van der Waals surface area contributed by atoms with Gasteiger partial charge in [-0.2, -0.15) is 0 Å². The van der Waals surface area contributed by atoms with Crippen LogP contribution >= 0.6 is 0 Å². The summed E-state index contributed by atoms with van der Waals surface area (Å²) in [5, 5.41) is 13.4. The summed E-state index contributed by atoms with van der Waals surface area (Å²) < 4.78 is 5.00. The average Bonchev–Trinajstić information content (AvgIpc) is 2.47.